The number of aromatic nitrogens is 3. The van der Waals surface area contributed by atoms with E-state index in [9.17, 15) is 26.8 Å². The topological polar surface area (TPSA) is 109 Å². The molecule has 6 aromatic rings. The molecule has 13 heteroatoms. The lowest BCUT2D eigenvalue weighted by molar-refractivity contribution is 0.00578. The summed E-state index contributed by atoms with van der Waals surface area (Å²) < 4.78 is 70.1. The third-order valence-corrected chi connectivity index (χ3v) is 11.7. The number of aryl methyl sites for hydroxylation is 1. The molecule has 0 radical (unpaired) electrons. The Labute approximate surface area is 306 Å². The zero-order valence-corrected chi connectivity index (χ0v) is 30.4. The fraction of sp³-hybridized carbons (Fsp3) is 0.225. The maximum absolute atomic E-state index is 13.9. The molecule has 0 atom stereocenters. The highest BCUT2D eigenvalue weighted by Crippen LogP contribution is 2.37. The number of nitrogens with zero attached hydrogens (tertiary/aromatic N) is 3. The lowest BCUT2D eigenvalue weighted by Gasteiger charge is -2.32. The fourth-order valence-electron chi connectivity index (χ4n) is 6.32. The van der Waals surface area contributed by atoms with Crippen molar-refractivity contribution in [2.75, 3.05) is 0 Å². The van der Waals surface area contributed by atoms with Crippen LogP contribution in [0.15, 0.2) is 119 Å². The van der Waals surface area contributed by atoms with Crippen molar-refractivity contribution >= 4 is 39.4 Å². The second kappa shape index (κ2) is 13.6. The summed E-state index contributed by atoms with van der Waals surface area (Å²) in [5, 5.41) is 0.566. The summed E-state index contributed by atoms with van der Waals surface area (Å²) >= 11 is 0. The van der Waals surface area contributed by atoms with Gasteiger partial charge < -0.3 is 13.9 Å². The zero-order chi connectivity index (χ0) is 37.7. The number of carbonyl (C=O) groups excluding carboxylic acids is 1. The van der Waals surface area contributed by atoms with E-state index in [1.807, 2.05) is 58.0 Å². The highest BCUT2D eigenvalue weighted by molar-refractivity contribution is 7.90. The van der Waals surface area contributed by atoms with Crippen LogP contribution in [0.25, 0.3) is 22.2 Å². The minimum atomic E-state index is -4.04. The lowest BCUT2D eigenvalue weighted by atomic mass is 9.79. The molecule has 0 aliphatic carbocycles. The summed E-state index contributed by atoms with van der Waals surface area (Å²) in [7, 11) is -4.76. The molecule has 4 heterocycles. The lowest BCUT2D eigenvalue weighted by Crippen LogP contribution is -2.41. The Bertz CT molecular complexity index is 2540. The molecular weight excluding hydrogens is 699 g/mol. The quantitative estimate of drug-likeness (QED) is 0.116. The Balaban J connectivity index is 1.20. The normalized spacial score (nSPS) is 15.2. The first-order valence-corrected chi connectivity index (χ1v) is 18.5. The van der Waals surface area contributed by atoms with Crippen molar-refractivity contribution in [3.8, 4) is 11.1 Å². The first kappa shape index (κ1) is 36.1. The molecule has 270 valence electrons. The van der Waals surface area contributed by atoms with Gasteiger partial charge in [-0.05, 0) is 93.3 Å². The summed E-state index contributed by atoms with van der Waals surface area (Å²) in [6, 6.07) is 23.8. The Morgan fingerprint density at radius 3 is 2.30 bits per heavy atom. The molecule has 0 amide bonds. The highest BCUT2D eigenvalue weighted by atomic mass is 32.2. The van der Waals surface area contributed by atoms with Crippen LogP contribution in [0.1, 0.15) is 55.6 Å². The van der Waals surface area contributed by atoms with Gasteiger partial charge in [-0.25, -0.2) is 26.2 Å². The molecule has 3 aromatic carbocycles. The summed E-state index contributed by atoms with van der Waals surface area (Å²) in [6.07, 6.45) is 4.93. The number of Topliss-reactive ketones (excluding diaryl/α,β-unsaturated/α-hetero) is 1. The van der Waals surface area contributed by atoms with E-state index >= 15 is 0 Å². The Morgan fingerprint density at radius 1 is 0.849 bits per heavy atom. The van der Waals surface area contributed by atoms with Gasteiger partial charge in [0.2, 0.25) is 0 Å². The third kappa shape index (κ3) is 6.87. The maximum atomic E-state index is 13.9. The minimum absolute atomic E-state index is 0.0123. The standard InChI is InChI=1S/C40H36BF2N3O6S/c1-39(2)40(3,4)52-41(51-39)29-22-32-33(25-46(37(32)44-23-29)53(49,50)30-12-6-5-7-13-30)28-11-8-10-26(20-28)16-18-36(47)31-14-9-19-45(38(31)48)24-27-15-17-34(42)35(43)21-27/h5-15,17,19-23,25H,16,18,24H2,1-4H3. The van der Waals surface area contributed by atoms with E-state index in [4.69, 9.17) is 9.31 Å². The number of carbonyl (C=O) groups is 1. The number of pyridine rings is 2. The van der Waals surface area contributed by atoms with Gasteiger partial charge >= 0.3 is 7.12 Å². The molecule has 3 aromatic heterocycles. The van der Waals surface area contributed by atoms with Crippen LogP contribution in [0.3, 0.4) is 0 Å². The van der Waals surface area contributed by atoms with Crippen molar-refractivity contribution in [3.05, 3.63) is 148 Å². The van der Waals surface area contributed by atoms with Crippen LogP contribution in [0.2, 0.25) is 0 Å². The molecule has 0 spiro atoms. The molecule has 0 saturated carbocycles. The minimum Gasteiger partial charge on any atom is -0.399 e. The Hall–Kier alpha value is -5.24. The molecular formula is C40H36BF2N3O6S. The van der Waals surface area contributed by atoms with Crippen molar-refractivity contribution < 1.29 is 31.3 Å². The van der Waals surface area contributed by atoms with Crippen LogP contribution in [0, 0.1) is 11.6 Å². The molecule has 9 nitrogen and oxygen atoms in total. The molecule has 1 saturated heterocycles. The molecule has 1 aliphatic rings. The van der Waals surface area contributed by atoms with Crippen molar-refractivity contribution in [3.63, 3.8) is 0 Å². The highest BCUT2D eigenvalue weighted by Gasteiger charge is 2.52. The predicted molar refractivity (Wildman–Crippen MR) is 199 cm³/mol. The number of fused-ring (bicyclic) bond motifs is 1. The monoisotopic (exact) mass is 735 g/mol. The van der Waals surface area contributed by atoms with Crippen molar-refractivity contribution in [2.45, 2.75) is 63.2 Å². The summed E-state index contributed by atoms with van der Waals surface area (Å²) in [5.74, 6) is -2.38. The number of ketones is 1. The van der Waals surface area contributed by atoms with Gasteiger partial charge in [0.05, 0.1) is 28.2 Å². The fourth-order valence-corrected chi connectivity index (χ4v) is 7.66. The van der Waals surface area contributed by atoms with E-state index < -0.39 is 45.5 Å². The molecule has 53 heavy (non-hydrogen) atoms. The van der Waals surface area contributed by atoms with E-state index in [-0.39, 0.29) is 34.9 Å². The number of hydrogen-bond donors (Lipinski definition) is 0. The van der Waals surface area contributed by atoms with Crippen LogP contribution in [0.4, 0.5) is 8.78 Å². The van der Waals surface area contributed by atoms with Gasteiger partial charge in [-0.15, -0.1) is 0 Å². The van der Waals surface area contributed by atoms with Crippen LogP contribution >= 0.6 is 0 Å². The number of halogens is 2. The van der Waals surface area contributed by atoms with Crippen LogP contribution in [-0.2, 0) is 32.3 Å². The van der Waals surface area contributed by atoms with E-state index in [1.54, 1.807) is 36.7 Å². The summed E-state index contributed by atoms with van der Waals surface area (Å²) in [6.45, 7) is 7.78. The first-order chi connectivity index (χ1) is 25.1. The van der Waals surface area contributed by atoms with E-state index in [0.717, 1.165) is 17.7 Å². The SMILES string of the molecule is CC1(C)OB(c2cnc3c(c2)c(-c2cccc(CCC(=O)c4cccn(Cc5ccc(F)c(F)c5)c4=O)c2)cn3S(=O)(=O)c2ccccc2)OC1(C)C. The molecule has 1 fully saturated rings. The van der Waals surface area contributed by atoms with Gasteiger partial charge in [-0.3, -0.25) is 9.59 Å². The molecule has 7 rings (SSSR count). The molecule has 0 bridgehead atoms. The molecule has 0 unspecified atom stereocenters. The van der Waals surface area contributed by atoms with Crippen molar-refractivity contribution in [1.82, 2.24) is 13.5 Å². The third-order valence-electron chi connectivity index (χ3n) is 9.99. The second-order valence-corrected chi connectivity index (χ2v) is 15.9. The summed E-state index contributed by atoms with van der Waals surface area (Å²) in [4.78, 5) is 31.3. The smallest absolute Gasteiger partial charge is 0.399 e. The van der Waals surface area contributed by atoms with Crippen molar-refractivity contribution in [1.29, 1.82) is 0 Å². The van der Waals surface area contributed by atoms with E-state index in [1.165, 1.54) is 39.0 Å². The van der Waals surface area contributed by atoms with Gasteiger partial charge in [-0.2, -0.15) is 0 Å². The molecule has 1 aliphatic heterocycles. The Morgan fingerprint density at radius 2 is 1.58 bits per heavy atom. The van der Waals surface area contributed by atoms with Crippen LogP contribution < -0.4 is 11.0 Å². The van der Waals surface area contributed by atoms with Gasteiger partial charge in [0.15, 0.2) is 23.1 Å². The second-order valence-electron chi connectivity index (χ2n) is 14.1. The first-order valence-electron chi connectivity index (χ1n) is 17.1. The van der Waals surface area contributed by atoms with Crippen LogP contribution in [0.5, 0.6) is 0 Å². The van der Waals surface area contributed by atoms with Gasteiger partial charge in [0.1, 0.15) is 0 Å². The average Bonchev–Trinajstić information content (AvgIpc) is 3.63. The van der Waals surface area contributed by atoms with Gasteiger partial charge in [0.25, 0.3) is 15.6 Å². The van der Waals surface area contributed by atoms with Gasteiger partial charge in [-0.1, -0.05) is 48.5 Å². The van der Waals surface area contributed by atoms with Gasteiger partial charge in [0, 0.05) is 41.4 Å². The van der Waals surface area contributed by atoms with E-state index in [2.05, 4.69) is 4.98 Å². The maximum Gasteiger partial charge on any atom is 0.496 e. The van der Waals surface area contributed by atoms with Crippen molar-refractivity contribution in [2.24, 2.45) is 0 Å². The Kier molecular flexibility index (Phi) is 9.29. The zero-order valence-electron chi connectivity index (χ0n) is 29.5. The summed E-state index contributed by atoms with van der Waals surface area (Å²) in [5.41, 5.74) is 1.58. The van der Waals surface area contributed by atoms with E-state index in [0.29, 0.717) is 34.0 Å². The number of rotatable bonds is 10. The molecule has 0 N–H and O–H groups in total. The average molecular weight is 736 g/mol. The predicted octanol–water partition coefficient (Wildman–Crippen LogP) is 6.54. The number of benzene rings is 3. The number of hydrogen-bond acceptors (Lipinski definition) is 7. The largest absolute Gasteiger partial charge is 0.496 e. The van der Waals surface area contributed by atoms with Crippen LogP contribution in [-0.4, -0.2) is 46.0 Å².